The lowest BCUT2D eigenvalue weighted by atomic mass is 9.73. The van der Waals surface area contributed by atoms with Gasteiger partial charge in [0.15, 0.2) is 0 Å². The first kappa shape index (κ1) is 13.9. The zero-order chi connectivity index (χ0) is 14.2. The molecule has 0 unspecified atom stereocenters. The van der Waals surface area contributed by atoms with Gasteiger partial charge in [-0.2, -0.15) is 0 Å². The van der Waals surface area contributed by atoms with E-state index in [4.69, 9.17) is 4.74 Å². The van der Waals surface area contributed by atoms with Gasteiger partial charge < -0.3 is 9.84 Å². The first-order valence-corrected chi connectivity index (χ1v) is 7.78. The molecule has 110 valence electrons. The molecule has 0 amide bonds. The van der Waals surface area contributed by atoms with Gasteiger partial charge in [-0.05, 0) is 49.8 Å². The molecule has 20 heavy (non-hydrogen) atoms. The number of aliphatic hydroxyl groups is 1. The zero-order valence-electron chi connectivity index (χ0n) is 12.1. The van der Waals surface area contributed by atoms with Crippen LogP contribution in [0.5, 0.6) is 5.75 Å². The van der Waals surface area contributed by atoms with Crippen molar-refractivity contribution in [3.05, 3.63) is 29.6 Å². The Balaban J connectivity index is 1.76. The third kappa shape index (κ3) is 2.56. The fourth-order valence-electron chi connectivity index (χ4n) is 3.82. The van der Waals surface area contributed by atoms with E-state index in [0.717, 1.165) is 18.8 Å². The molecular weight excluding hydrogens is 255 g/mol. The van der Waals surface area contributed by atoms with Crippen LogP contribution in [-0.2, 0) is 0 Å². The third-order valence-corrected chi connectivity index (χ3v) is 4.94. The van der Waals surface area contributed by atoms with Crippen LogP contribution in [-0.4, -0.2) is 10.7 Å². The summed E-state index contributed by atoms with van der Waals surface area (Å²) in [7, 11) is 0. The van der Waals surface area contributed by atoms with E-state index in [1.807, 2.05) is 0 Å². The second-order valence-corrected chi connectivity index (χ2v) is 6.42. The van der Waals surface area contributed by atoms with Crippen LogP contribution in [0.4, 0.5) is 4.39 Å². The lowest BCUT2D eigenvalue weighted by Crippen LogP contribution is -2.44. The summed E-state index contributed by atoms with van der Waals surface area (Å²) in [5.41, 5.74) is 0.375. The van der Waals surface area contributed by atoms with Crippen LogP contribution in [0.3, 0.4) is 0 Å². The summed E-state index contributed by atoms with van der Waals surface area (Å²) in [6.07, 6.45) is 6.90. The molecule has 2 nitrogen and oxygen atoms in total. The second kappa shape index (κ2) is 5.36. The van der Waals surface area contributed by atoms with Gasteiger partial charge in [-0.15, -0.1) is 0 Å². The molecular formula is C17H23FO2. The number of aliphatic hydroxyl groups excluding tert-OH is 1. The van der Waals surface area contributed by atoms with Crippen molar-refractivity contribution < 1.29 is 14.2 Å². The van der Waals surface area contributed by atoms with Crippen LogP contribution in [0.1, 0.15) is 63.5 Å². The summed E-state index contributed by atoms with van der Waals surface area (Å²) in [5.74, 6) is 1.16. The van der Waals surface area contributed by atoms with Crippen molar-refractivity contribution in [2.24, 2.45) is 5.92 Å². The van der Waals surface area contributed by atoms with Gasteiger partial charge in [-0.3, -0.25) is 0 Å². The normalized spacial score (nSPS) is 32.8. The average molecular weight is 278 g/mol. The molecule has 1 saturated carbocycles. The Labute approximate surface area is 120 Å². The molecule has 1 aliphatic heterocycles. The quantitative estimate of drug-likeness (QED) is 0.870. The Morgan fingerprint density at radius 2 is 2.10 bits per heavy atom. The predicted octanol–water partition coefficient (Wildman–Crippen LogP) is 4.37. The van der Waals surface area contributed by atoms with E-state index in [1.165, 1.54) is 37.8 Å². The van der Waals surface area contributed by atoms with E-state index in [-0.39, 0.29) is 11.4 Å². The summed E-state index contributed by atoms with van der Waals surface area (Å²) >= 11 is 0. The lowest BCUT2D eigenvalue weighted by Gasteiger charge is -2.45. The summed E-state index contributed by atoms with van der Waals surface area (Å²) in [6.45, 7) is 2.23. The van der Waals surface area contributed by atoms with E-state index in [9.17, 15) is 9.50 Å². The maximum atomic E-state index is 13.3. The highest BCUT2D eigenvalue weighted by atomic mass is 19.1. The van der Waals surface area contributed by atoms with Crippen LogP contribution in [0, 0.1) is 11.7 Å². The van der Waals surface area contributed by atoms with E-state index >= 15 is 0 Å². The minimum Gasteiger partial charge on any atom is -0.487 e. The van der Waals surface area contributed by atoms with Crippen molar-refractivity contribution in [2.45, 2.75) is 63.6 Å². The molecule has 1 aliphatic carbocycles. The highest BCUT2D eigenvalue weighted by Gasteiger charge is 2.43. The van der Waals surface area contributed by atoms with E-state index in [0.29, 0.717) is 17.7 Å². The lowest BCUT2D eigenvalue weighted by molar-refractivity contribution is -0.0476. The summed E-state index contributed by atoms with van der Waals surface area (Å²) in [4.78, 5) is 0. The van der Waals surface area contributed by atoms with Gasteiger partial charge in [-0.25, -0.2) is 4.39 Å². The van der Waals surface area contributed by atoms with Gasteiger partial charge in [0.2, 0.25) is 0 Å². The largest absolute Gasteiger partial charge is 0.487 e. The molecule has 1 heterocycles. The number of hydrogen-bond acceptors (Lipinski definition) is 2. The molecule has 1 spiro atoms. The first-order chi connectivity index (χ1) is 9.62. The monoisotopic (exact) mass is 278 g/mol. The maximum absolute atomic E-state index is 13.3. The van der Waals surface area contributed by atoms with E-state index < -0.39 is 6.10 Å². The minimum absolute atomic E-state index is 0.228. The predicted molar refractivity (Wildman–Crippen MR) is 76.2 cm³/mol. The second-order valence-electron chi connectivity index (χ2n) is 6.42. The molecule has 3 rings (SSSR count). The van der Waals surface area contributed by atoms with Crippen molar-refractivity contribution in [2.75, 3.05) is 0 Å². The molecule has 2 aliphatic rings. The standard InChI is InChI=1S/C17H23FO2/c1-2-3-12-6-8-17(9-7-12)11-15(19)14-10-13(18)4-5-16(14)20-17/h4-5,10,12,15,19H,2-3,6-9,11H2,1H3/t12?,15-,17?/m0/s1. The third-order valence-electron chi connectivity index (χ3n) is 4.94. The van der Waals surface area contributed by atoms with Crippen molar-refractivity contribution in [1.29, 1.82) is 0 Å². The fourth-order valence-corrected chi connectivity index (χ4v) is 3.82. The highest BCUT2D eigenvalue weighted by molar-refractivity contribution is 5.38. The number of benzene rings is 1. The molecule has 0 bridgehead atoms. The summed E-state index contributed by atoms with van der Waals surface area (Å²) in [5, 5.41) is 10.3. The Kier molecular flexibility index (Phi) is 3.72. The molecule has 3 heteroatoms. The highest BCUT2D eigenvalue weighted by Crippen LogP contribution is 2.47. The molecule has 0 radical (unpaired) electrons. The van der Waals surface area contributed by atoms with Crippen LogP contribution < -0.4 is 4.74 Å². The molecule has 1 N–H and O–H groups in total. The van der Waals surface area contributed by atoms with Gasteiger partial charge in [0.05, 0.1) is 6.10 Å². The number of fused-ring (bicyclic) bond motifs is 1. The Morgan fingerprint density at radius 3 is 2.80 bits per heavy atom. The first-order valence-electron chi connectivity index (χ1n) is 7.78. The van der Waals surface area contributed by atoms with Crippen LogP contribution in [0.25, 0.3) is 0 Å². The molecule has 0 aromatic heterocycles. The van der Waals surface area contributed by atoms with Crippen molar-refractivity contribution in [1.82, 2.24) is 0 Å². The van der Waals surface area contributed by atoms with Gasteiger partial charge in [-0.1, -0.05) is 19.8 Å². The molecule has 1 aromatic rings. The number of rotatable bonds is 2. The van der Waals surface area contributed by atoms with Crippen LogP contribution in [0.15, 0.2) is 18.2 Å². The van der Waals surface area contributed by atoms with Gasteiger partial charge in [0.25, 0.3) is 0 Å². The Morgan fingerprint density at radius 1 is 1.35 bits per heavy atom. The topological polar surface area (TPSA) is 29.5 Å². The molecule has 1 aromatic carbocycles. The van der Waals surface area contributed by atoms with Crippen molar-refractivity contribution in [3.63, 3.8) is 0 Å². The summed E-state index contributed by atoms with van der Waals surface area (Å²) in [6, 6.07) is 4.47. The minimum atomic E-state index is -0.600. The Hall–Kier alpha value is -1.09. The van der Waals surface area contributed by atoms with E-state index in [2.05, 4.69) is 6.92 Å². The number of hydrogen-bond donors (Lipinski definition) is 1. The SMILES string of the molecule is CCCC1CCC2(CC1)C[C@H](O)c1cc(F)ccc1O2. The number of ether oxygens (including phenoxy) is 1. The summed E-state index contributed by atoms with van der Waals surface area (Å²) < 4.78 is 19.5. The van der Waals surface area contributed by atoms with Gasteiger partial charge in [0, 0.05) is 12.0 Å². The molecule has 1 atom stereocenters. The van der Waals surface area contributed by atoms with Crippen molar-refractivity contribution in [3.8, 4) is 5.75 Å². The maximum Gasteiger partial charge on any atom is 0.126 e. The zero-order valence-corrected chi connectivity index (χ0v) is 12.1. The average Bonchev–Trinajstić information content (AvgIpc) is 2.43. The fraction of sp³-hybridized carbons (Fsp3) is 0.647. The van der Waals surface area contributed by atoms with Crippen LogP contribution in [0.2, 0.25) is 0 Å². The van der Waals surface area contributed by atoms with Crippen molar-refractivity contribution >= 4 is 0 Å². The molecule has 0 saturated heterocycles. The van der Waals surface area contributed by atoms with Gasteiger partial charge in [0.1, 0.15) is 17.2 Å². The van der Waals surface area contributed by atoms with Gasteiger partial charge >= 0.3 is 0 Å². The molecule has 1 fully saturated rings. The Bertz CT molecular complexity index is 478. The smallest absolute Gasteiger partial charge is 0.126 e. The number of halogens is 1. The van der Waals surface area contributed by atoms with E-state index in [1.54, 1.807) is 6.07 Å². The van der Waals surface area contributed by atoms with Crippen LogP contribution >= 0.6 is 0 Å².